The molecule has 5 heteroatoms. The molecular weight excluding hydrogens is 328 g/mol. The van der Waals surface area contributed by atoms with Crippen molar-refractivity contribution in [2.75, 3.05) is 0 Å². The van der Waals surface area contributed by atoms with Gasteiger partial charge in [-0.15, -0.1) is 0 Å². The van der Waals surface area contributed by atoms with E-state index in [9.17, 15) is 0 Å². The zero-order chi connectivity index (χ0) is 16.4. The molecule has 118 valence electrons. The molecule has 3 heterocycles. The first-order valence-corrected chi connectivity index (χ1v) is 8.94. The van der Waals surface area contributed by atoms with Crippen LogP contribution < -0.4 is 0 Å². The Morgan fingerprint density at radius 1 is 0.520 bits per heavy atom. The summed E-state index contributed by atoms with van der Waals surface area (Å²) in [5.41, 5.74) is 6.50. The Kier molecular flexibility index (Phi) is 2.46. The maximum absolute atomic E-state index is 4.85. The normalized spacial score (nSPS) is 12.0. The van der Waals surface area contributed by atoms with Crippen molar-refractivity contribution in [1.82, 2.24) is 18.8 Å². The van der Waals surface area contributed by atoms with E-state index in [4.69, 9.17) is 9.97 Å². The first kappa shape index (κ1) is 13.1. The summed E-state index contributed by atoms with van der Waals surface area (Å²) >= 11 is 1.62. The SMILES string of the molecule is c1ccc2c(c1)nc1sc3nc4ccccc4n3c3ccccc3n12. The molecule has 0 saturated heterocycles. The minimum absolute atomic E-state index is 0.947. The van der Waals surface area contributed by atoms with Crippen molar-refractivity contribution in [1.29, 1.82) is 0 Å². The second-order valence-corrected chi connectivity index (χ2v) is 6.96. The molecule has 0 fully saturated rings. The van der Waals surface area contributed by atoms with Gasteiger partial charge in [0.05, 0.1) is 33.1 Å². The molecule has 3 aromatic carbocycles. The van der Waals surface area contributed by atoms with E-state index in [1.165, 1.54) is 0 Å². The summed E-state index contributed by atoms with van der Waals surface area (Å²) in [5, 5.41) is 0. The number of para-hydroxylation sites is 6. The van der Waals surface area contributed by atoms with Gasteiger partial charge in [0.25, 0.3) is 0 Å². The standard InChI is InChI=1S/C20H12N4S/c1-3-9-15-13(7-1)21-19-23(15)17-11-5-6-12-18(17)24-16-10-4-2-8-14(16)22-20(24)25-19/h1-12H. The van der Waals surface area contributed by atoms with Crippen LogP contribution in [0.5, 0.6) is 0 Å². The van der Waals surface area contributed by atoms with E-state index in [2.05, 4.69) is 69.5 Å². The molecule has 4 nitrogen and oxygen atoms in total. The van der Waals surface area contributed by atoms with Crippen molar-refractivity contribution in [2.45, 2.75) is 0 Å². The number of aromatic nitrogens is 4. The maximum atomic E-state index is 4.85. The molecule has 6 rings (SSSR count). The average molecular weight is 340 g/mol. The number of fused-ring (bicyclic) bond motifs is 9. The van der Waals surface area contributed by atoms with Crippen LogP contribution in [0.25, 0.3) is 43.0 Å². The third-order valence-corrected chi connectivity index (χ3v) is 5.52. The third-order valence-electron chi connectivity index (χ3n) is 4.61. The van der Waals surface area contributed by atoms with Crippen LogP contribution in [0.15, 0.2) is 72.8 Å². The molecule has 0 bridgehead atoms. The number of hydrogen-bond donors (Lipinski definition) is 0. The van der Waals surface area contributed by atoms with Crippen LogP contribution in [-0.2, 0) is 0 Å². The smallest absolute Gasteiger partial charge is 0.198 e. The molecule has 0 saturated carbocycles. The molecule has 3 aromatic heterocycles. The molecule has 0 atom stereocenters. The summed E-state index contributed by atoms with van der Waals surface area (Å²) in [4.78, 5) is 11.6. The summed E-state index contributed by atoms with van der Waals surface area (Å²) in [7, 11) is 0. The van der Waals surface area contributed by atoms with Crippen LogP contribution in [0.1, 0.15) is 0 Å². The van der Waals surface area contributed by atoms with Gasteiger partial charge in [-0.3, -0.25) is 8.80 Å². The Balaban J connectivity index is 2.03. The molecular formula is C20H12N4S. The lowest BCUT2D eigenvalue weighted by Crippen LogP contribution is -1.87. The fourth-order valence-corrected chi connectivity index (χ4v) is 4.56. The molecule has 0 aliphatic rings. The number of benzene rings is 3. The molecule has 0 unspecified atom stereocenters. The largest absolute Gasteiger partial charge is 0.282 e. The highest BCUT2D eigenvalue weighted by molar-refractivity contribution is 7.21. The van der Waals surface area contributed by atoms with E-state index in [0.717, 1.165) is 43.0 Å². The van der Waals surface area contributed by atoms with Crippen LogP contribution in [0.2, 0.25) is 0 Å². The second kappa shape index (κ2) is 4.68. The Hall–Kier alpha value is -3.18. The Labute approximate surface area is 146 Å². The lowest BCUT2D eigenvalue weighted by molar-refractivity contribution is 1.29. The van der Waals surface area contributed by atoms with Crippen LogP contribution in [0, 0.1) is 0 Å². The summed E-state index contributed by atoms with van der Waals surface area (Å²) in [6, 6.07) is 25.0. The van der Waals surface area contributed by atoms with Gasteiger partial charge in [0.2, 0.25) is 0 Å². The number of rotatable bonds is 0. The summed E-state index contributed by atoms with van der Waals surface area (Å²) in [5.74, 6) is 0. The van der Waals surface area contributed by atoms with Gasteiger partial charge in [-0.05, 0) is 36.4 Å². The predicted molar refractivity (Wildman–Crippen MR) is 103 cm³/mol. The van der Waals surface area contributed by atoms with Crippen molar-refractivity contribution in [3.63, 3.8) is 0 Å². The molecule has 0 spiro atoms. The first-order valence-electron chi connectivity index (χ1n) is 8.13. The monoisotopic (exact) mass is 340 g/mol. The van der Waals surface area contributed by atoms with E-state index in [1.807, 2.05) is 12.1 Å². The first-order chi connectivity index (χ1) is 12.4. The van der Waals surface area contributed by atoms with Gasteiger partial charge in [-0.2, -0.15) is 0 Å². The quantitative estimate of drug-likeness (QED) is 0.387. The van der Waals surface area contributed by atoms with E-state index in [1.54, 1.807) is 11.3 Å². The molecule has 0 aliphatic carbocycles. The van der Waals surface area contributed by atoms with Crippen molar-refractivity contribution >= 4 is 54.4 Å². The second-order valence-electron chi connectivity index (χ2n) is 6.03. The minimum Gasteiger partial charge on any atom is -0.282 e. The van der Waals surface area contributed by atoms with Crippen LogP contribution in [0.4, 0.5) is 0 Å². The van der Waals surface area contributed by atoms with E-state index in [-0.39, 0.29) is 0 Å². The molecule has 6 aromatic rings. The van der Waals surface area contributed by atoms with Crippen molar-refractivity contribution < 1.29 is 0 Å². The van der Waals surface area contributed by atoms with E-state index in [0.29, 0.717) is 0 Å². The van der Waals surface area contributed by atoms with Gasteiger partial charge in [0.1, 0.15) is 0 Å². The maximum Gasteiger partial charge on any atom is 0.198 e. The Bertz CT molecular complexity index is 1340. The zero-order valence-electron chi connectivity index (χ0n) is 13.1. The van der Waals surface area contributed by atoms with Gasteiger partial charge in [-0.1, -0.05) is 47.7 Å². The fourth-order valence-electron chi connectivity index (χ4n) is 3.53. The highest BCUT2D eigenvalue weighted by Gasteiger charge is 2.12. The third kappa shape index (κ3) is 1.70. The van der Waals surface area contributed by atoms with Gasteiger partial charge < -0.3 is 0 Å². The Morgan fingerprint density at radius 2 is 0.920 bits per heavy atom. The van der Waals surface area contributed by atoms with Gasteiger partial charge in [0.15, 0.2) is 9.92 Å². The highest BCUT2D eigenvalue weighted by atomic mass is 32.1. The van der Waals surface area contributed by atoms with Crippen molar-refractivity contribution in [3.8, 4) is 0 Å². The molecule has 25 heavy (non-hydrogen) atoms. The summed E-state index contributed by atoms with van der Waals surface area (Å²) < 4.78 is 4.47. The van der Waals surface area contributed by atoms with Gasteiger partial charge >= 0.3 is 0 Å². The highest BCUT2D eigenvalue weighted by Crippen LogP contribution is 2.29. The van der Waals surface area contributed by atoms with Crippen LogP contribution >= 0.6 is 11.3 Å². The Morgan fingerprint density at radius 3 is 1.40 bits per heavy atom. The minimum atomic E-state index is 0.947. The summed E-state index contributed by atoms with van der Waals surface area (Å²) in [6.07, 6.45) is 0. The lowest BCUT2D eigenvalue weighted by atomic mass is 10.2. The van der Waals surface area contributed by atoms with Crippen molar-refractivity contribution in [3.05, 3.63) is 72.8 Å². The lowest BCUT2D eigenvalue weighted by Gasteiger charge is -2.00. The van der Waals surface area contributed by atoms with E-state index >= 15 is 0 Å². The van der Waals surface area contributed by atoms with Gasteiger partial charge in [-0.25, -0.2) is 9.97 Å². The van der Waals surface area contributed by atoms with Gasteiger partial charge in [0, 0.05) is 0 Å². The zero-order valence-corrected chi connectivity index (χ0v) is 13.9. The molecule has 0 N–H and O–H groups in total. The van der Waals surface area contributed by atoms with Crippen molar-refractivity contribution in [2.24, 2.45) is 0 Å². The van der Waals surface area contributed by atoms with Crippen LogP contribution in [-0.4, -0.2) is 18.8 Å². The number of imidazole rings is 2. The predicted octanol–water partition coefficient (Wildman–Crippen LogP) is 5.07. The average Bonchev–Trinajstić information content (AvgIpc) is 3.16. The topological polar surface area (TPSA) is 34.6 Å². The summed E-state index contributed by atoms with van der Waals surface area (Å²) in [6.45, 7) is 0. The molecule has 0 amide bonds. The number of hydrogen-bond acceptors (Lipinski definition) is 3. The fraction of sp³-hybridized carbons (Fsp3) is 0. The molecule has 0 aliphatic heterocycles. The van der Waals surface area contributed by atoms with E-state index < -0.39 is 0 Å². The molecule has 0 radical (unpaired) electrons. The van der Waals surface area contributed by atoms with Crippen LogP contribution in [0.3, 0.4) is 0 Å². The number of nitrogens with zero attached hydrogens (tertiary/aromatic N) is 4.